The average Bonchev–Trinajstić information content (AvgIpc) is 2.53. The van der Waals surface area contributed by atoms with E-state index in [1.165, 1.54) is 0 Å². The Morgan fingerprint density at radius 2 is 1.83 bits per heavy atom. The van der Waals surface area contributed by atoms with Gasteiger partial charge in [-0.1, -0.05) is 34.1 Å². The summed E-state index contributed by atoms with van der Waals surface area (Å²) in [6, 6.07) is 13.9. The van der Waals surface area contributed by atoms with Crippen molar-refractivity contribution in [2.45, 2.75) is 13.0 Å². The third-order valence-electron chi connectivity index (χ3n) is 3.26. The van der Waals surface area contributed by atoms with Gasteiger partial charge in [-0.15, -0.1) is 0 Å². The van der Waals surface area contributed by atoms with Crippen LogP contribution in [0.1, 0.15) is 28.9 Å². The van der Waals surface area contributed by atoms with Crippen molar-refractivity contribution in [2.75, 3.05) is 6.61 Å². The van der Waals surface area contributed by atoms with Crippen LogP contribution in [0.4, 0.5) is 0 Å². The standard InChI is InChI=1S/C17H17BrN2O3/c1-11(14-4-2-3-5-15(14)18)20-16(21)10-23-13-8-6-12(7-9-13)17(19)22/h2-9,11H,10H2,1H3,(H2,19,22)(H,20,21). The maximum absolute atomic E-state index is 12.0. The second kappa shape index (κ2) is 7.78. The minimum atomic E-state index is -0.503. The highest BCUT2D eigenvalue weighted by Gasteiger charge is 2.12. The molecule has 1 unspecified atom stereocenters. The highest BCUT2D eigenvalue weighted by Crippen LogP contribution is 2.22. The van der Waals surface area contributed by atoms with Crippen molar-refractivity contribution >= 4 is 27.7 Å². The van der Waals surface area contributed by atoms with Gasteiger partial charge in [-0.05, 0) is 42.8 Å². The lowest BCUT2D eigenvalue weighted by atomic mass is 10.1. The number of primary amides is 1. The molecular weight excluding hydrogens is 360 g/mol. The summed E-state index contributed by atoms with van der Waals surface area (Å²) in [6.45, 7) is 1.80. The summed E-state index contributed by atoms with van der Waals surface area (Å²) in [4.78, 5) is 22.9. The Balaban J connectivity index is 1.87. The van der Waals surface area contributed by atoms with Crippen LogP contribution in [0, 0.1) is 0 Å². The number of hydrogen-bond donors (Lipinski definition) is 2. The molecule has 0 saturated heterocycles. The van der Waals surface area contributed by atoms with Gasteiger partial charge in [0, 0.05) is 10.0 Å². The molecular formula is C17H17BrN2O3. The summed E-state index contributed by atoms with van der Waals surface area (Å²) in [5, 5.41) is 2.87. The van der Waals surface area contributed by atoms with E-state index in [4.69, 9.17) is 10.5 Å². The van der Waals surface area contributed by atoms with Crippen molar-refractivity contribution in [1.29, 1.82) is 0 Å². The van der Waals surface area contributed by atoms with Crippen LogP contribution in [-0.4, -0.2) is 18.4 Å². The van der Waals surface area contributed by atoms with Crippen molar-refractivity contribution in [3.05, 3.63) is 64.1 Å². The molecule has 23 heavy (non-hydrogen) atoms. The minimum absolute atomic E-state index is 0.106. The summed E-state index contributed by atoms with van der Waals surface area (Å²) >= 11 is 3.46. The molecule has 5 nitrogen and oxygen atoms in total. The number of carbonyl (C=O) groups excluding carboxylic acids is 2. The van der Waals surface area contributed by atoms with Gasteiger partial charge in [-0.25, -0.2) is 0 Å². The summed E-state index contributed by atoms with van der Waals surface area (Å²) in [5.41, 5.74) is 6.55. The van der Waals surface area contributed by atoms with E-state index < -0.39 is 5.91 Å². The molecule has 0 aliphatic heterocycles. The second-order valence-corrected chi connectivity index (χ2v) is 5.84. The molecule has 0 radical (unpaired) electrons. The number of amides is 2. The van der Waals surface area contributed by atoms with E-state index in [-0.39, 0.29) is 18.6 Å². The first-order chi connectivity index (χ1) is 11.0. The van der Waals surface area contributed by atoms with E-state index in [0.717, 1.165) is 10.0 Å². The molecule has 3 N–H and O–H groups in total. The summed E-state index contributed by atoms with van der Waals surface area (Å²) in [7, 11) is 0. The summed E-state index contributed by atoms with van der Waals surface area (Å²) in [5.74, 6) is -0.234. The predicted octanol–water partition coefficient (Wildman–Crippen LogP) is 2.80. The van der Waals surface area contributed by atoms with E-state index in [1.54, 1.807) is 24.3 Å². The molecule has 0 bridgehead atoms. The first-order valence-corrected chi connectivity index (χ1v) is 7.83. The molecule has 0 aromatic heterocycles. The van der Waals surface area contributed by atoms with Crippen LogP contribution in [0.5, 0.6) is 5.75 Å². The molecule has 0 aliphatic carbocycles. The Morgan fingerprint density at radius 1 is 1.17 bits per heavy atom. The topological polar surface area (TPSA) is 81.4 Å². The number of rotatable bonds is 6. The lowest BCUT2D eigenvalue weighted by Crippen LogP contribution is -2.31. The molecule has 2 aromatic rings. The van der Waals surface area contributed by atoms with Gasteiger partial charge in [0.05, 0.1) is 6.04 Å². The third kappa shape index (κ3) is 4.82. The fourth-order valence-corrected chi connectivity index (χ4v) is 2.68. The second-order valence-electron chi connectivity index (χ2n) is 4.99. The lowest BCUT2D eigenvalue weighted by Gasteiger charge is -2.16. The first kappa shape index (κ1) is 17.0. The van der Waals surface area contributed by atoms with Gasteiger partial charge < -0.3 is 15.8 Å². The molecule has 6 heteroatoms. The van der Waals surface area contributed by atoms with Crippen LogP contribution in [0.3, 0.4) is 0 Å². The zero-order chi connectivity index (χ0) is 16.8. The fraction of sp³-hybridized carbons (Fsp3) is 0.176. The molecule has 0 saturated carbocycles. The van der Waals surface area contributed by atoms with E-state index in [2.05, 4.69) is 21.2 Å². The molecule has 0 fully saturated rings. The van der Waals surface area contributed by atoms with Crippen molar-refractivity contribution < 1.29 is 14.3 Å². The Labute approximate surface area is 143 Å². The number of ether oxygens (including phenoxy) is 1. The van der Waals surface area contributed by atoms with E-state index in [1.807, 2.05) is 31.2 Å². The Kier molecular flexibility index (Phi) is 5.76. The van der Waals surface area contributed by atoms with E-state index >= 15 is 0 Å². The SMILES string of the molecule is CC(NC(=O)COc1ccc(C(N)=O)cc1)c1ccccc1Br. The maximum atomic E-state index is 12.0. The van der Waals surface area contributed by atoms with Crippen molar-refractivity contribution in [2.24, 2.45) is 5.73 Å². The summed E-state index contributed by atoms with van der Waals surface area (Å²) in [6.07, 6.45) is 0. The van der Waals surface area contributed by atoms with Crippen LogP contribution in [0.25, 0.3) is 0 Å². The Bertz CT molecular complexity index is 701. The zero-order valence-electron chi connectivity index (χ0n) is 12.6. The molecule has 0 heterocycles. The largest absolute Gasteiger partial charge is 0.484 e. The Hall–Kier alpha value is -2.34. The molecule has 2 rings (SSSR count). The highest BCUT2D eigenvalue weighted by atomic mass is 79.9. The van der Waals surface area contributed by atoms with E-state index in [0.29, 0.717) is 11.3 Å². The van der Waals surface area contributed by atoms with Gasteiger partial charge in [0.2, 0.25) is 5.91 Å². The van der Waals surface area contributed by atoms with Crippen LogP contribution in [0.15, 0.2) is 53.0 Å². The van der Waals surface area contributed by atoms with Gasteiger partial charge in [0.1, 0.15) is 5.75 Å². The normalized spacial score (nSPS) is 11.6. The maximum Gasteiger partial charge on any atom is 0.258 e. The van der Waals surface area contributed by atoms with Crippen molar-refractivity contribution in [1.82, 2.24) is 5.32 Å². The number of nitrogens with one attached hydrogen (secondary N) is 1. The smallest absolute Gasteiger partial charge is 0.258 e. The zero-order valence-corrected chi connectivity index (χ0v) is 14.2. The molecule has 0 spiro atoms. The lowest BCUT2D eigenvalue weighted by molar-refractivity contribution is -0.123. The van der Waals surface area contributed by atoms with Gasteiger partial charge in [-0.2, -0.15) is 0 Å². The molecule has 2 amide bonds. The van der Waals surface area contributed by atoms with Crippen LogP contribution >= 0.6 is 15.9 Å². The van der Waals surface area contributed by atoms with Gasteiger partial charge in [0.15, 0.2) is 6.61 Å². The van der Waals surface area contributed by atoms with Crippen LogP contribution in [-0.2, 0) is 4.79 Å². The van der Waals surface area contributed by atoms with Gasteiger partial charge in [-0.3, -0.25) is 9.59 Å². The quantitative estimate of drug-likeness (QED) is 0.812. The van der Waals surface area contributed by atoms with Crippen molar-refractivity contribution in [3.63, 3.8) is 0 Å². The number of hydrogen-bond acceptors (Lipinski definition) is 3. The number of halogens is 1. The van der Waals surface area contributed by atoms with Crippen LogP contribution in [0.2, 0.25) is 0 Å². The van der Waals surface area contributed by atoms with Gasteiger partial charge >= 0.3 is 0 Å². The minimum Gasteiger partial charge on any atom is -0.484 e. The molecule has 0 aliphatic rings. The predicted molar refractivity (Wildman–Crippen MR) is 91.2 cm³/mol. The van der Waals surface area contributed by atoms with Gasteiger partial charge in [0.25, 0.3) is 5.91 Å². The molecule has 1 atom stereocenters. The third-order valence-corrected chi connectivity index (χ3v) is 3.98. The highest BCUT2D eigenvalue weighted by molar-refractivity contribution is 9.10. The first-order valence-electron chi connectivity index (χ1n) is 7.04. The monoisotopic (exact) mass is 376 g/mol. The number of carbonyl (C=O) groups is 2. The summed E-state index contributed by atoms with van der Waals surface area (Å²) < 4.78 is 6.33. The molecule has 120 valence electrons. The van der Waals surface area contributed by atoms with Crippen LogP contribution < -0.4 is 15.8 Å². The number of nitrogens with two attached hydrogens (primary N) is 1. The molecule has 2 aromatic carbocycles. The van der Waals surface area contributed by atoms with Crippen molar-refractivity contribution in [3.8, 4) is 5.75 Å². The Morgan fingerprint density at radius 3 is 2.43 bits per heavy atom. The fourth-order valence-electron chi connectivity index (χ4n) is 2.05. The number of benzene rings is 2. The average molecular weight is 377 g/mol. The van der Waals surface area contributed by atoms with E-state index in [9.17, 15) is 9.59 Å².